The maximum Gasteiger partial charge on any atom is 0.314 e. The van der Waals surface area contributed by atoms with Gasteiger partial charge in [0.1, 0.15) is 12.4 Å². The summed E-state index contributed by atoms with van der Waals surface area (Å²) < 4.78 is 6.10. The molecule has 196 valence electrons. The number of carbonyl (C=O) groups is 2. The maximum atomic E-state index is 11.0. The van der Waals surface area contributed by atoms with Crippen molar-refractivity contribution in [1.29, 1.82) is 0 Å². The van der Waals surface area contributed by atoms with E-state index in [2.05, 4.69) is 29.5 Å². The van der Waals surface area contributed by atoms with Crippen molar-refractivity contribution in [3.8, 4) is 5.75 Å². The standard InChI is InChI=1S/C21H23NO3S.C6H12N2O.ClH/c1-22-9-6-15(7-10-22)20-17-12-14(3-5-19(23)24)2-4-18(17)25-13-16-8-11-26-21(16)20;7-6(9)8-4-2-1-3-5-8;/h2,4,8,11-12H,3,5-7,9-10,13H2,1H3,(H,23,24);1-5H2,(H2,7,9);1H. The molecular weight excluding hydrogens is 498 g/mol. The van der Waals surface area contributed by atoms with Gasteiger partial charge in [-0.3, -0.25) is 4.79 Å². The van der Waals surface area contributed by atoms with Crippen LogP contribution in [-0.2, 0) is 17.8 Å². The van der Waals surface area contributed by atoms with Gasteiger partial charge in [0, 0.05) is 54.2 Å². The summed E-state index contributed by atoms with van der Waals surface area (Å²) in [6.45, 7) is 4.46. The number of halogens is 1. The van der Waals surface area contributed by atoms with Crippen molar-refractivity contribution < 1.29 is 19.4 Å². The molecule has 3 N–H and O–H groups in total. The fraction of sp³-hybridized carbons (Fsp3) is 0.481. The molecule has 0 atom stereocenters. The number of urea groups is 1. The van der Waals surface area contributed by atoms with Crippen molar-refractivity contribution in [1.82, 2.24) is 9.80 Å². The predicted octanol–water partition coefficient (Wildman–Crippen LogP) is 5.16. The van der Waals surface area contributed by atoms with Crippen LogP contribution in [0.4, 0.5) is 4.79 Å². The number of carboxylic acid groups (broad SMARTS) is 1. The van der Waals surface area contributed by atoms with Crippen molar-refractivity contribution in [3.05, 3.63) is 56.8 Å². The number of carbonyl (C=O) groups excluding carboxylic acids is 1. The zero-order valence-electron chi connectivity index (χ0n) is 20.8. The number of hydrogen-bond donors (Lipinski definition) is 2. The Bertz CT molecular complexity index is 1080. The van der Waals surface area contributed by atoms with E-state index in [-0.39, 0.29) is 24.9 Å². The number of aliphatic carboxylic acids is 1. The molecule has 2 saturated heterocycles. The Morgan fingerprint density at radius 2 is 1.81 bits per heavy atom. The normalized spacial score (nSPS) is 17.4. The van der Waals surface area contributed by atoms with Gasteiger partial charge in [-0.1, -0.05) is 11.6 Å². The topological polar surface area (TPSA) is 96.1 Å². The third kappa shape index (κ3) is 7.02. The predicted molar refractivity (Wildman–Crippen MR) is 146 cm³/mol. The molecule has 3 aliphatic rings. The largest absolute Gasteiger partial charge is 0.488 e. The minimum Gasteiger partial charge on any atom is -0.488 e. The summed E-state index contributed by atoms with van der Waals surface area (Å²) in [6.07, 6.45) is 6.31. The minimum atomic E-state index is -0.759. The summed E-state index contributed by atoms with van der Waals surface area (Å²) >= 11 is 1.78. The molecule has 0 unspecified atom stereocenters. The molecule has 0 bridgehead atoms. The molecule has 3 aliphatic heterocycles. The third-order valence-electron chi connectivity index (χ3n) is 6.91. The molecule has 0 saturated carbocycles. The van der Waals surface area contributed by atoms with Crippen molar-refractivity contribution in [2.75, 3.05) is 33.2 Å². The molecule has 2 amide bonds. The average Bonchev–Trinajstić information content (AvgIpc) is 3.26. The molecule has 7 nitrogen and oxygen atoms in total. The summed E-state index contributed by atoms with van der Waals surface area (Å²) in [5.41, 5.74) is 11.3. The van der Waals surface area contributed by atoms with Crippen LogP contribution in [0.5, 0.6) is 5.75 Å². The number of fused-ring (bicyclic) bond motifs is 2. The van der Waals surface area contributed by atoms with Crippen LogP contribution < -0.4 is 10.5 Å². The average molecular weight is 534 g/mol. The van der Waals surface area contributed by atoms with Gasteiger partial charge in [0.2, 0.25) is 0 Å². The minimum absolute atomic E-state index is 0. The zero-order chi connectivity index (χ0) is 24.8. The highest BCUT2D eigenvalue weighted by atomic mass is 35.5. The molecule has 0 aliphatic carbocycles. The van der Waals surface area contributed by atoms with Crippen LogP contribution in [0.25, 0.3) is 5.57 Å². The fourth-order valence-electron chi connectivity index (χ4n) is 4.86. The Balaban J connectivity index is 0.000000307. The van der Waals surface area contributed by atoms with E-state index in [9.17, 15) is 9.59 Å². The molecule has 0 radical (unpaired) electrons. The van der Waals surface area contributed by atoms with Crippen molar-refractivity contribution in [2.45, 2.75) is 51.6 Å². The number of aryl methyl sites for hydroxylation is 1. The summed E-state index contributed by atoms with van der Waals surface area (Å²) in [6, 6.07) is 8.05. The van der Waals surface area contributed by atoms with E-state index in [1.807, 2.05) is 12.1 Å². The van der Waals surface area contributed by atoms with Gasteiger partial charge in [0.15, 0.2) is 0 Å². The quantitative estimate of drug-likeness (QED) is 0.568. The highest BCUT2D eigenvalue weighted by molar-refractivity contribution is 7.11. The number of hydrogen-bond acceptors (Lipinski definition) is 5. The Kier molecular flexibility index (Phi) is 10.2. The number of piperidine rings is 2. The molecule has 2 aromatic rings. The van der Waals surface area contributed by atoms with Gasteiger partial charge in [-0.05, 0) is 74.7 Å². The molecule has 2 fully saturated rings. The van der Waals surface area contributed by atoms with Gasteiger partial charge in [0.05, 0.1) is 0 Å². The van der Waals surface area contributed by atoms with E-state index < -0.39 is 5.97 Å². The lowest BCUT2D eigenvalue weighted by atomic mass is 9.90. The van der Waals surface area contributed by atoms with Crippen molar-refractivity contribution in [2.24, 2.45) is 5.73 Å². The highest BCUT2D eigenvalue weighted by Gasteiger charge is 2.25. The van der Waals surface area contributed by atoms with Gasteiger partial charge in [-0.2, -0.15) is 0 Å². The number of ether oxygens (including phenoxy) is 1. The first-order valence-electron chi connectivity index (χ1n) is 12.4. The summed E-state index contributed by atoms with van der Waals surface area (Å²) in [4.78, 5) is 26.8. The van der Waals surface area contributed by atoms with Crippen LogP contribution in [0.15, 0.2) is 35.2 Å². The van der Waals surface area contributed by atoms with Gasteiger partial charge >= 0.3 is 12.0 Å². The lowest BCUT2D eigenvalue weighted by Gasteiger charge is -2.26. The van der Waals surface area contributed by atoms with Gasteiger partial charge in [-0.25, -0.2) is 4.79 Å². The number of amides is 2. The van der Waals surface area contributed by atoms with E-state index in [0.29, 0.717) is 13.0 Å². The van der Waals surface area contributed by atoms with Crippen LogP contribution in [0, 0.1) is 0 Å². The maximum absolute atomic E-state index is 11.0. The number of thiophene rings is 1. The number of primary amides is 1. The highest BCUT2D eigenvalue weighted by Crippen LogP contribution is 2.43. The Hall–Kier alpha value is -2.55. The monoisotopic (exact) mass is 533 g/mol. The van der Waals surface area contributed by atoms with Gasteiger partial charge < -0.3 is 25.4 Å². The molecule has 9 heteroatoms. The first-order chi connectivity index (χ1) is 16.9. The molecule has 1 aromatic carbocycles. The molecular formula is C27H36ClN3O4S. The number of carboxylic acids is 1. The van der Waals surface area contributed by atoms with E-state index >= 15 is 0 Å². The number of nitrogens with zero attached hydrogens (tertiary/aromatic N) is 2. The SMILES string of the molecule is CN1CCC(=C2c3cc(CCC(=O)O)ccc3OCc3ccsc32)CC1.Cl.NC(=O)N1CCCCC1. The second-order valence-electron chi connectivity index (χ2n) is 9.46. The van der Waals surface area contributed by atoms with E-state index in [1.165, 1.54) is 28.0 Å². The fourth-order valence-corrected chi connectivity index (χ4v) is 5.87. The van der Waals surface area contributed by atoms with Crippen LogP contribution in [-0.4, -0.2) is 60.1 Å². The second kappa shape index (κ2) is 13.1. The number of nitrogens with two attached hydrogens (primary N) is 1. The lowest BCUT2D eigenvalue weighted by molar-refractivity contribution is -0.136. The van der Waals surface area contributed by atoms with E-state index in [0.717, 1.165) is 68.7 Å². The molecule has 4 heterocycles. The summed E-state index contributed by atoms with van der Waals surface area (Å²) in [7, 11) is 2.17. The van der Waals surface area contributed by atoms with Gasteiger partial charge in [0.25, 0.3) is 0 Å². The summed E-state index contributed by atoms with van der Waals surface area (Å²) in [5, 5.41) is 11.1. The van der Waals surface area contributed by atoms with Crippen LogP contribution in [0.3, 0.4) is 0 Å². The number of benzene rings is 1. The Labute approximate surface area is 223 Å². The van der Waals surface area contributed by atoms with Crippen LogP contribution in [0.1, 0.15) is 60.1 Å². The van der Waals surface area contributed by atoms with Gasteiger partial charge in [-0.15, -0.1) is 23.7 Å². The zero-order valence-corrected chi connectivity index (χ0v) is 22.5. The van der Waals surface area contributed by atoms with E-state index in [4.69, 9.17) is 15.6 Å². The van der Waals surface area contributed by atoms with E-state index in [1.54, 1.807) is 16.2 Å². The molecule has 5 rings (SSSR count). The first-order valence-corrected chi connectivity index (χ1v) is 13.3. The van der Waals surface area contributed by atoms with Crippen molar-refractivity contribution >= 4 is 41.3 Å². The number of likely N-dealkylation sites (tertiary alicyclic amines) is 2. The molecule has 0 spiro atoms. The smallest absolute Gasteiger partial charge is 0.314 e. The molecule has 36 heavy (non-hydrogen) atoms. The van der Waals surface area contributed by atoms with Crippen LogP contribution in [0.2, 0.25) is 0 Å². The van der Waals surface area contributed by atoms with Crippen molar-refractivity contribution in [3.63, 3.8) is 0 Å². The number of rotatable bonds is 3. The van der Waals surface area contributed by atoms with Crippen LogP contribution >= 0.6 is 23.7 Å². The summed E-state index contributed by atoms with van der Waals surface area (Å²) in [5.74, 6) is 0.152. The Morgan fingerprint density at radius 1 is 1.08 bits per heavy atom. The molecule has 1 aromatic heterocycles. The second-order valence-corrected chi connectivity index (χ2v) is 10.4. The Morgan fingerprint density at radius 3 is 2.44 bits per heavy atom. The third-order valence-corrected chi connectivity index (χ3v) is 7.88. The first kappa shape index (κ1) is 28.0. The lowest BCUT2D eigenvalue weighted by Crippen LogP contribution is -2.39.